The Hall–Kier alpha value is -2.21. The first-order valence-corrected chi connectivity index (χ1v) is 7.00. The Bertz CT molecular complexity index is 645. The Labute approximate surface area is 130 Å². The van der Waals surface area contributed by atoms with Gasteiger partial charge in [0, 0.05) is 10.2 Å². The smallest absolute Gasteiger partial charge is 0.341 e. The average Bonchev–Trinajstić information content (AvgIpc) is 2.43. The molecular weight excluding hydrogens is 338 g/mol. The standard InChI is InChI=1S/C15H14BrNO4/c16-10-3-1-4-11(9-10)20-7-8-21-13-6-2-5-12(17)14(13)15(18)19/h1-6,9H,7-8,17H2,(H,18,19). The van der Waals surface area contributed by atoms with E-state index in [1.807, 2.05) is 24.3 Å². The van der Waals surface area contributed by atoms with Gasteiger partial charge >= 0.3 is 5.97 Å². The number of nitrogen functional groups attached to an aromatic ring is 1. The van der Waals surface area contributed by atoms with Crippen molar-refractivity contribution in [3.05, 3.63) is 52.5 Å². The van der Waals surface area contributed by atoms with Crippen molar-refractivity contribution in [3.63, 3.8) is 0 Å². The van der Waals surface area contributed by atoms with Gasteiger partial charge in [-0.3, -0.25) is 0 Å². The molecule has 0 saturated heterocycles. The number of carboxylic acids is 1. The van der Waals surface area contributed by atoms with Gasteiger partial charge in [0.2, 0.25) is 0 Å². The van der Waals surface area contributed by atoms with Crippen molar-refractivity contribution in [2.45, 2.75) is 0 Å². The number of carbonyl (C=O) groups is 1. The summed E-state index contributed by atoms with van der Waals surface area (Å²) in [7, 11) is 0. The first-order valence-electron chi connectivity index (χ1n) is 6.21. The minimum Gasteiger partial charge on any atom is -0.490 e. The van der Waals surface area contributed by atoms with Crippen LogP contribution in [0.4, 0.5) is 5.69 Å². The van der Waals surface area contributed by atoms with Crippen LogP contribution >= 0.6 is 15.9 Å². The molecule has 2 rings (SSSR count). The van der Waals surface area contributed by atoms with Gasteiger partial charge in [-0.1, -0.05) is 28.1 Å². The fourth-order valence-corrected chi connectivity index (χ4v) is 2.14. The molecule has 0 bridgehead atoms. The van der Waals surface area contributed by atoms with Crippen molar-refractivity contribution in [2.75, 3.05) is 18.9 Å². The Morgan fingerprint density at radius 2 is 1.86 bits per heavy atom. The fraction of sp³-hybridized carbons (Fsp3) is 0.133. The molecule has 2 aromatic carbocycles. The minimum absolute atomic E-state index is 0.0278. The van der Waals surface area contributed by atoms with Crippen LogP contribution in [0.3, 0.4) is 0 Å². The number of rotatable bonds is 6. The van der Waals surface area contributed by atoms with E-state index in [1.54, 1.807) is 12.1 Å². The molecule has 0 aliphatic rings. The molecule has 0 unspecified atom stereocenters. The van der Waals surface area contributed by atoms with Crippen LogP contribution in [-0.2, 0) is 0 Å². The third-order valence-corrected chi connectivity index (χ3v) is 3.17. The SMILES string of the molecule is Nc1cccc(OCCOc2cccc(Br)c2)c1C(=O)O. The molecule has 2 aromatic rings. The van der Waals surface area contributed by atoms with Crippen LogP contribution < -0.4 is 15.2 Å². The van der Waals surface area contributed by atoms with Crippen LogP contribution in [0.25, 0.3) is 0 Å². The molecule has 3 N–H and O–H groups in total. The highest BCUT2D eigenvalue weighted by Gasteiger charge is 2.14. The molecule has 5 nitrogen and oxygen atoms in total. The first-order chi connectivity index (χ1) is 10.1. The van der Waals surface area contributed by atoms with Crippen LogP contribution in [-0.4, -0.2) is 24.3 Å². The Morgan fingerprint density at radius 1 is 1.14 bits per heavy atom. The molecule has 0 spiro atoms. The van der Waals surface area contributed by atoms with Crippen LogP contribution in [0, 0.1) is 0 Å². The lowest BCUT2D eigenvalue weighted by molar-refractivity contribution is 0.0692. The zero-order valence-corrected chi connectivity index (χ0v) is 12.7. The normalized spacial score (nSPS) is 10.1. The second kappa shape index (κ2) is 6.99. The number of aromatic carboxylic acids is 1. The third-order valence-electron chi connectivity index (χ3n) is 2.68. The first kappa shape index (κ1) is 15.2. The molecule has 0 aliphatic carbocycles. The lowest BCUT2D eigenvalue weighted by Crippen LogP contribution is -2.12. The number of carboxylic acid groups (broad SMARTS) is 1. The summed E-state index contributed by atoms with van der Waals surface area (Å²) in [4.78, 5) is 11.1. The number of ether oxygens (including phenoxy) is 2. The van der Waals surface area contributed by atoms with E-state index >= 15 is 0 Å². The van der Waals surface area contributed by atoms with Gasteiger partial charge in [-0.15, -0.1) is 0 Å². The van der Waals surface area contributed by atoms with Gasteiger partial charge in [0.25, 0.3) is 0 Å². The number of hydrogen-bond acceptors (Lipinski definition) is 4. The van der Waals surface area contributed by atoms with E-state index in [4.69, 9.17) is 20.3 Å². The van der Waals surface area contributed by atoms with Gasteiger partial charge in [0.05, 0.1) is 0 Å². The summed E-state index contributed by atoms with van der Waals surface area (Å²) >= 11 is 3.35. The maximum absolute atomic E-state index is 11.1. The average molecular weight is 352 g/mol. The van der Waals surface area contributed by atoms with Crippen molar-refractivity contribution in [3.8, 4) is 11.5 Å². The molecule has 0 radical (unpaired) electrons. The van der Waals surface area contributed by atoms with E-state index in [0.29, 0.717) is 12.4 Å². The maximum atomic E-state index is 11.1. The number of hydrogen-bond donors (Lipinski definition) is 2. The maximum Gasteiger partial charge on any atom is 0.341 e. The summed E-state index contributed by atoms with van der Waals surface area (Å²) in [6, 6.07) is 12.2. The minimum atomic E-state index is -1.11. The van der Waals surface area contributed by atoms with E-state index in [9.17, 15) is 4.79 Å². The van der Waals surface area contributed by atoms with Crippen LogP contribution in [0.1, 0.15) is 10.4 Å². The highest BCUT2D eigenvalue weighted by molar-refractivity contribution is 9.10. The summed E-state index contributed by atoms with van der Waals surface area (Å²) < 4.78 is 11.9. The van der Waals surface area contributed by atoms with Crippen LogP contribution in [0.5, 0.6) is 11.5 Å². The summed E-state index contributed by atoms with van der Waals surface area (Å²) in [5, 5.41) is 9.12. The monoisotopic (exact) mass is 351 g/mol. The number of halogens is 1. The highest BCUT2D eigenvalue weighted by Crippen LogP contribution is 2.24. The largest absolute Gasteiger partial charge is 0.490 e. The molecule has 21 heavy (non-hydrogen) atoms. The predicted octanol–water partition coefficient (Wildman–Crippen LogP) is 3.19. The molecule has 110 valence electrons. The van der Waals surface area contributed by atoms with Crippen molar-refractivity contribution in [1.82, 2.24) is 0 Å². The molecule has 0 amide bonds. The second-order valence-corrected chi connectivity index (χ2v) is 5.10. The zero-order chi connectivity index (χ0) is 15.2. The van der Waals surface area contributed by atoms with Crippen molar-refractivity contribution in [1.29, 1.82) is 0 Å². The molecule has 0 saturated carbocycles. The van der Waals surface area contributed by atoms with E-state index in [-0.39, 0.29) is 23.6 Å². The van der Waals surface area contributed by atoms with Crippen molar-refractivity contribution >= 4 is 27.6 Å². The van der Waals surface area contributed by atoms with Gasteiger partial charge in [0.1, 0.15) is 30.3 Å². The quantitative estimate of drug-likeness (QED) is 0.616. The lowest BCUT2D eigenvalue weighted by atomic mass is 10.1. The zero-order valence-electron chi connectivity index (χ0n) is 11.1. The summed E-state index contributed by atoms with van der Waals surface area (Å²) in [5.74, 6) is -0.171. The summed E-state index contributed by atoms with van der Waals surface area (Å²) in [6.07, 6.45) is 0. The Morgan fingerprint density at radius 3 is 2.57 bits per heavy atom. The Balaban J connectivity index is 1.92. The highest BCUT2D eigenvalue weighted by atomic mass is 79.9. The van der Waals surface area contributed by atoms with Gasteiger partial charge in [-0.05, 0) is 30.3 Å². The van der Waals surface area contributed by atoms with Crippen LogP contribution in [0.2, 0.25) is 0 Å². The molecule has 0 aromatic heterocycles. The van der Waals surface area contributed by atoms with E-state index < -0.39 is 5.97 Å². The topological polar surface area (TPSA) is 81.8 Å². The third kappa shape index (κ3) is 4.13. The molecule has 0 atom stereocenters. The van der Waals surface area contributed by atoms with Crippen LogP contribution in [0.15, 0.2) is 46.9 Å². The molecular formula is C15H14BrNO4. The molecule has 0 heterocycles. The molecule has 6 heteroatoms. The number of nitrogens with two attached hydrogens (primary N) is 1. The molecule has 0 fully saturated rings. The number of anilines is 1. The Kier molecular flexibility index (Phi) is 5.05. The van der Waals surface area contributed by atoms with E-state index in [2.05, 4.69) is 15.9 Å². The van der Waals surface area contributed by atoms with Gasteiger partial charge < -0.3 is 20.3 Å². The fourth-order valence-electron chi connectivity index (χ4n) is 1.77. The number of benzene rings is 2. The van der Waals surface area contributed by atoms with Gasteiger partial charge in [0.15, 0.2) is 0 Å². The molecule has 0 aliphatic heterocycles. The summed E-state index contributed by atoms with van der Waals surface area (Å²) in [5.41, 5.74) is 5.78. The van der Waals surface area contributed by atoms with Gasteiger partial charge in [-0.25, -0.2) is 4.79 Å². The van der Waals surface area contributed by atoms with Gasteiger partial charge in [-0.2, -0.15) is 0 Å². The summed E-state index contributed by atoms with van der Waals surface area (Å²) in [6.45, 7) is 0.514. The van der Waals surface area contributed by atoms with E-state index in [0.717, 1.165) is 4.47 Å². The van der Waals surface area contributed by atoms with E-state index in [1.165, 1.54) is 6.07 Å². The van der Waals surface area contributed by atoms with Crippen molar-refractivity contribution < 1.29 is 19.4 Å². The lowest BCUT2D eigenvalue weighted by Gasteiger charge is -2.11. The van der Waals surface area contributed by atoms with Crippen molar-refractivity contribution in [2.24, 2.45) is 0 Å². The predicted molar refractivity (Wildman–Crippen MR) is 82.9 cm³/mol. The second-order valence-electron chi connectivity index (χ2n) is 4.18.